The molecule has 0 unspecified atom stereocenters. The molecule has 8 nitrogen and oxygen atoms in total. The van der Waals surface area contributed by atoms with Gasteiger partial charge < -0.3 is 9.64 Å². The highest BCUT2D eigenvalue weighted by Crippen LogP contribution is 2.24. The number of morpholine rings is 1. The summed E-state index contributed by atoms with van der Waals surface area (Å²) in [6, 6.07) is 0. The van der Waals surface area contributed by atoms with Gasteiger partial charge in [0, 0.05) is 6.54 Å². The second kappa shape index (κ2) is 4.95. The predicted octanol–water partition coefficient (Wildman–Crippen LogP) is 0.721. The van der Waals surface area contributed by atoms with Crippen LogP contribution in [0.25, 0.3) is 5.95 Å². The first-order valence-electron chi connectivity index (χ1n) is 6.18. The number of rotatable bonds is 2. The summed E-state index contributed by atoms with van der Waals surface area (Å²) in [6.07, 6.45) is 2.93. The molecule has 1 aliphatic heterocycles. The van der Waals surface area contributed by atoms with Crippen molar-refractivity contribution in [3.63, 3.8) is 0 Å². The van der Waals surface area contributed by atoms with Crippen LogP contribution in [-0.2, 0) is 4.74 Å². The zero-order chi connectivity index (χ0) is 14.2. The highest BCUT2D eigenvalue weighted by atomic mass is 35.5. The summed E-state index contributed by atoms with van der Waals surface area (Å²) in [5.41, 5.74) is -0.206. The highest BCUT2D eigenvalue weighted by molar-refractivity contribution is 6.28. The fourth-order valence-electron chi connectivity index (χ4n) is 2.09. The van der Waals surface area contributed by atoms with Gasteiger partial charge in [0.15, 0.2) is 0 Å². The Hall–Kier alpha value is -1.80. The molecule has 0 saturated carbocycles. The molecule has 2 aromatic heterocycles. The van der Waals surface area contributed by atoms with Crippen molar-refractivity contribution in [2.75, 3.05) is 24.7 Å². The van der Waals surface area contributed by atoms with E-state index in [2.05, 4.69) is 43.8 Å². The van der Waals surface area contributed by atoms with Crippen molar-refractivity contribution in [3.05, 3.63) is 17.9 Å². The molecule has 1 aliphatic rings. The van der Waals surface area contributed by atoms with Crippen LogP contribution in [0, 0.1) is 0 Å². The van der Waals surface area contributed by atoms with Crippen molar-refractivity contribution in [3.8, 4) is 5.95 Å². The molecule has 0 atom stereocenters. The third-order valence-corrected chi connectivity index (χ3v) is 3.26. The third-order valence-electron chi connectivity index (χ3n) is 3.09. The summed E-state index contributed by atoms with van der Waals surface area (Å²) in [7, 11) is 0. The Morgan fingerprint density at radius 3 is 2.75 bits per heavy atom. The lowest BCUT2D eigenvalue weighted by molar-refractivity contribution is 0.0633. The molecule has 0 aromatic carbocycles. The lowest BCUT2D eigenvalue weighted by Crippen LogP contribution is -2.54. The van der Waals surface area contributed by atoms with Crippen LogP contribution in [0.4, 0.5) is 5.95 Å². The van der Waals surface area contributed by atoms with Gasteiger partial charge in [-0.15, -0.1) is 0 Å². The van der Waals surface area contributed by atoms with Crippen molar-refractivity contribution >= 4 is 17.5 Å². The predicted molar refractivity (Wildman–Crippen MR) is 72.0 cm³/mol. The van der Waals surface area contributed by atoms with Crippen LogP contribution in [0.3, 0.4) is 0 Å². The van der Waals surface area contributed by atoms with Gasteiger partial charge in [0.1, 0.15) is 12.7 Å². The quantitative estimate of drug-likeness (QED) is 0.807. The van der Waals surface area contributed by atoms with Crippen LogP contribution >= 0.6 is 11.6 Å². The molecule has 0 aliphatic carbocycles. The molecule has 3 heterocycles. The SMILES string of the molecule is CC1(C)COCCN1c1nc(Cl)nc(-n2cncn2)n1. The fraction of sp³-hybridized carbons (Fsp3) is 0.545. The Kier molecular flexibility index (Phi) is 3.27. The summed E-state index contributed by atoms with van der Waals surface area (Å²) in [4.78, 5) is 18.6. The zero-order valence-corrected chi connectivity index (χ0v) is 11.9. The van der Waals surface area contributed by atoms with Crippen LogP contribution in [0.5, 0.6) is 0 Å². The number of anilines is 1. The van der Waals surface area contributed by atoms with Gasteiger partial charge in [-0.25, -0.2) is 4.98 Å². The van der Waals surface area contributed by atoms with E-state index in [4.69, 9.17) is 16.3 Å². The van der Waals surface area contributed by atoms with Gasteiger partial charge in [0.2, 0.25) is 11.2 Å². The first kappa shape index (κ1) is 13.2. The Balaban J connectivity index is 2.01. The number of nitrogens with zero attached hydrogens (tertiary/aromatic N) is 7. The second-order valence-electron chi connectivity index (χ2n) is 5.06. The number of ether oxygens (including phenoxy) is 1. The van der Waals surface area contributed by atoms with Gasteiger partial charge in [-0.2, -0.15) is 24.7 Å². The first-order chi connectivity index (χ1) is 9.56. The lowest BCUT2D eigenvalue weighted by Gasteiger charge is -2.42. The summed E-state index contributed by atoms with van der Waals surface area (Å²) in [6.45, 7) is 6.07. The molecular weight excluding hydrogens is 282 g/mol. The molecule has 0 bridgehead atoms. The van der Waals surface area contributed by atoms with E-state index in [1.807, 2.05) is 0 Å². The topological polar surface area (TPSA) is 81.9 Å². The van der Waals surface area contributed by atoms with Gasteiger partial charge >= 0.3 is 0 Å². The van der Waals surface area contributed by atoms with Gasteiger partial charge in [0.05, 0.1) is 18.8 Å². The maximum Gasteiger partial charge on any atom is 0.258 e. The molecule has 0 radical (unpaired) electrons. The molecule has 0 amide bonds. The highest BCUT2D eigenvalue weighted by Gasteiger charge is 2.33. The van der Waals surface area contributed by atoms with Gasteiger partial charge in [-0.3, -0.25) is 0 Å². The number of hydrogen-bond acceptors (Lipinski definition) is 7. The molecule has 2 aromatic rings. The molecule has 1 saturated heterocycles. The zero-order valence-electron chi connectivity index (χ0n) is 11.2. The minimum atomic E-state index is -0.206. The van der Waals surface area contributed by atoms with Crippen LogP contribution < -0.4 is 4.90 Å². The van der Waals surface area contributed by atoms with Crippen molar-refractivity contribution in [2.45, 2.75) is 19.4 Å². The van der Waals surface area contributed by atoms with E-state index in [1.165, 1.54) is 17.3 Å². The first-order valence-corrected chi connectivity index (χ1v) is 6.56. The number of hydrogen-bond donors (Lipinski definition) is 0. The largest absolute Gasteiger partial charge is 0.377 e. The van der Waals surface area contributed by atoms with Gasteiger partial charge in [-0.1, -0.05) is 0 Å². The second-order valence-corrected chi connectivity index (χ2v) is 5.40. The molecular formula is C11H14ClN7O. The van der Waals surface area contributed by atoms with Gasteiger partial charge in [0.25, 0.3) is 5.95 Å². The van der Waals surface area contributed by atoms with E-state index in [1.54, 1.807) is 0 Å². The fourth-order valence-corrected chi connectivity index (χ4v) is 2.24. The van der Waals surface area contributed by atoms with Crippen molar-refractivity contribution < 1.29 is 4.74 Å². The maximum absolute atomic E-state index is 6.00. The summed E-state index contributed by atoms with van der Waals surface area (Å²) >= 11 is 6.00. The van der Waals surface area contributed by atoms with E-state index in [0.29, 0.717) is 31.7 Å². The molecule has 106 valence electrons. The monoisotopic (exact) mass is 295 g/mol. The Morgan fingerprint density at radius 2 is 2.05 bits per heavy atom. The van der Waals surface area contributed by atoms with Crippen molar-refractivity contribution in [2.24, 2.45) is 0 Å². The molecule has 0 spiro atoms. The van der Waals surface area contributed by atoms with Crippen molar-refractivity contribution in [1.82, 2.24) is 29.7 Å². The van der Waals surface area contributed by atoms with Crippen LogP contribution in [-0.4, -0.2) is 55.0 Å². The maximum atomic E-state index is 6.00. The Labute approximate surface area is 120 Å². The van der Waals surface area contributed by atoms with E-state index >= 15 is 0 Å². The summed E-state index contributed by atoms with van der Waals surface area (Å²) in [5.74, 6) is 0.864. The van der Waals surface area contributed by atoms with E-state index < -0.39 is 0 Å². The number of aromatic nitrogens is 6. The van der Waals surface area contributed by atoms with Crippen LogP contribution in [0.2, 0.25) is 5.28 Å². The average Bonchev–Trinajstić information content (AvgIpc) is 2.91. The Morgan fingerprint density at radius 1 is 1.25 bits per heavy atom. The minimum Gasteiger partial charge on any atom is -0.377 e. The molecule has 3 rings (SSSR count). The number of halogens is 1. The van der Waals surface area contributed by atoms with E-state index in [0.717, 1.165) is 0 Å². The third kappa shape index (κ3) is 2.44. The van der Waals surface area contributed by atoms with Crippen molar-refractivity contribution in [1.29, 1.82) is 0 Å². The molecule has 9 heteroatoms. The summed E-state index contributed by atoms with van der Waals surface area (Å²) in [5, 5.41) is 4.13. The van der Waals surface area contributed by atoms with E-state index in [9.17, 15) is 0 Å². The Bertz CT molecular complexity index is 601. The smallest absolute Gasteiger partial charge is 0.258 e. The van der Waals surface area contributed by atoms with Gasteiger partial charge in [-0.05, 0) is 25.4 Å². The molecule has 1 fully saturated rings. The molecule has 0 N–H and O–H groups in total. The van der Waals surface area contributed by atoms with Crippen LogP contribution in [0.15, 0.2) is 12.7 Å². The normalized spacial score (nSPS) is 18.2. The summed E-state index contributed by atoms with van der Waals surface area (Å²) < 4.78 is 6.94. The van der Waals surface area contributed by atoms with Crippen LogP contribution in [0.1, 0.15) is 13.8 Å². The molecule has 20 heavy (non-hydrogen) atoms. The standard InChI is InChI=1S/C11H14ClN7O/c1-11(2)5-20-4-3-18(11)9-15-8(12)16-10(17-9)19-7-13-6-14-19/h6-7H,3-5H2,1-2H3. The minimum absolute atomic E-state index is 0.128. The lowest BCUT2D eigenvalue weighted by atomic mass is 10.0. The average molecular weight is 296 g/mol. The van der Waals surface area contributed by atoms with E-state index in [-0.39, 0.29) is 10.8 Å².